The highest BCUT2D eigenvalue weighted by Crippen LogP contribution is 2.11. The lowest BCUT2D eigenvalue weighted by molar-refractivity contribution is 0.350. The summed E-state index contributed by atoms with van der Waals surface area (Å²) < 4.78 is 12.4. The first kappa shape index (κ1) is 7.95. The molecule has 0 unspecified atom stereocenters. The van der Waals surface area contributed by atoms with E-state index in [0.29, 0.717) is 5.57 Å². The molecule has 1 aromatic carbocycles. The van der Waals surface area contributed by atoms with Crippen LogP contribution in [0.15, 0.2) is 30.8 Å². The van der Waals surface area contributed by atoms with Gasteiger partial charge in [0.2, 0.25) is 0 Å². The molecule has 0 aromatic heterocycles. The van der Waals surface area contributed by atoms with Crippen LogP contribution >= 0.6 is 0 Å². The maximum Gasteiger partial charge on any atom is 0.123 e. The molecule has 0 fully saturated rings. The topological polar surface area (TPSA) is 20.2 Å². The van der Waals surface area contributed by atoms with Crippen molar-refractivity contribution in [2.75, 3.05) is 6.61 Å². The lowest BCUT2D eigenvalue weighted by atomic mass is 10.1. The summed E-state index contributed by atoms with van der Waals surface area (Å²) in [4.78, 5) is 0. The molecule has 0 saturated carbocycles. The molecule has 0 aliphatic heterocycles. The standard InChI is InChI=1S/C9H9FO/c1-7(6-11)8-2-4-9(10)5-3-8/h2-5,11H,1,6H2. The van der Waals surface area contributed by atoms with E-state index in [1.165, 1.54) is 12.1 Å². The minimum absolute atomic E-state index is 0.0916. The maximum absolute atomic E-state index is 12.4. The Bertz CT molecular complexity index is 251. The van der Waals surface area contributed by atoms with Gasteiger partial charge in [0.1, 0.15) is 5.82 Å². The molecule has 1 rings (SSSR count). The predicted molar refractivity (Wildman–Crippen MR) is 42.5 cm³/mol. The predicted octanol–water partition coefficient (Wildman–Crippen LogP) is 1.83. The van der Waals surface area contributed by atoms with E-state index < -0.39 is 0 Å². The molecule has 0 amide bonds. The number of benzene rings is 1. The highest BCUT2D eigenvalue weighted by Gasteiger charge is 1.95. The summed E-state index contributed by atoms with van der Waals surface area (Å²) in [6, 6.07) is 5.87. The average molecular weight is 152 g/mol. The number of aliphatic hydroxyl groups excluding tert-OH is 1. The Morgan fingerprint density at radius 1 is 1.36 bits per heavy atom. The molecule has 1 aromatic rings. The van der Waals surface area contributed by atoms with Crippen molar-refractivity contribution in [3.63, 3.8) is 0 Å². The van der Waals surface area contributed by atoms with Crippen molar-refractivity contribution in [1.29, 1.82) is 0 Å². The van der Waals surface area contributed by atoms with Gasteiger partial charge in [-0.2, -0.15) is 0 Å². The van der Waals surface area contributed by atoms with Gasteiger partial charge in [0, 0.05) is 0 Å². The molecule has 0 saturated heterocycles. The first-order valence-corrected chi connectivity index (χ1v) is 3.28. The summed E-state index contributed by atoms with van der Waals surface area (Å²) >= 11 is 0. The molecule has 0 aliphatic rings. The minimum atomic E-state index is -0.278. The van der Waals surface area contributed by atoms with Crippen LogP contribution in [0.4, 0.5) is 4.39 Å². The summed E-state index contributed by atoms with van der Waals surface area (Å²) in [5.41, 5.74) is 1.37. The van der Waals surface area contributed by atoms with Gasteiger partial charge in [-0.15, -0.1) is 0 Å². The van der Waals surface area contributed by atoms with E-state index >= 15 is 0 Å². The molecule has 11 heavy (non-hydrogen) atoms. The third kappa shape index (κ3) is 1.88. The molecular weight excluding hydrogens is 143 g/mol. The van der Waals surface area contributed by atoms with Crippen LogP contribution in [-0.2, 0) is 0 Å². The fourth-order valence-electron chi connectivity index (χ4n) is 0.777. The maximum atomic E-state index is 12.4. The van der Waals surface area contributed by atoms with Crippen LogP contribution in [-0.4, -0.2) is 11.7 Å². The monoisotopic (exact) mass is 152 g/mol. The van der Waals surface area contributed by atoms with Gasteiger partial charge in [-0.3, -0.25) is 0 Å². The second-order valence-electron chi connectivity index (χ2n) is 2.27. The van der Waals surface area contributed by atoms with Crippen LogP contribution in [0.2, 0.25) is 0 Å². The molecule has 0 heterocycles. The number of hydrogen-bond donors (Lipinski definition) is 1. The lowest BCUT2D eigenvalue weighted by Gasteiger charge is -1.99. The van der Waals surface area contributed by atoms with Gasteiger partial charge < -0.3 is 5.11 Å². The Balaban J connectivity index is 2.90. The fourth-order valence-corrected chi connectivity index (χ4v) is 0.777. The minimum Gasteiger partial charge on any atom is -0.392 e. The molecule has 0 radical (unpaired) electrons. The molecule has 0 atom stereocenters. The summed E-state index contributed by atoms with van der Waals surface area (Å²) in [5, 5.41) is 8.66. The zero-order valence-electron chi connectivity index (χ0n) is 6.05. The van der Waals surface area contributed by atoms with Gasteiger partial charge in [0.15, 0.2) is 0 Å². The number of rotatable bonds is 2. The molecule has 58 valence electrons. The van der Waals surface area contributed by atoms with Gasteiger partial charge >= 0.3 is 0 Å². The fraction of sp³-hybridized carbons (Fsp3) is 0.111. The first-order valence-electron chi connectivity index (χ1n) is 3.28. The number of aliphatic hydroxyl groups is 1. The van der Waals surface area contributed by atoms with E-state index in [4.69, 9.17) is 5.11 Å². The van der Waals surface area contributed by atoms with Gasteiger partial charge in [-0.25, -0.2) is 4.39 Å². The average Bonchev–Trinajstić information content (AvgIpc) is 2.05. The number of hydrogen-bond acceptors (Lipinski definition) is 1. The van der Waals surface area contributed by atoms with Crippen LogP contribution in [0.1, 0.15) is 5.56 Å². The van der Waals surface area contributed by atoms with Crippen LogP contribution < -0.4 is 0 Å². The van der Waals surface area contributed by atoms with E-state index in [1.54, 1.807) is 12.1 Å². The Hall–Kier alpha value is -1.15. The van der Waals surface area contributed by atoms with E-state index in [1.807, 2.05) is 0 Å². The molecular formula is C9H9FO. The van der Waals surface area contributed by atoms with E-state index in [2.05, 4.69) is 6.58 Å². The molecule has 1 N–H and O–H groups in total. The summed E-state index contributed by atoms with van der Waals surface area (Å²) in [5.74, 6) is -0.278. The summed E-state index contributed by atoms with van der Waals surface area (Å²) in [6.07, 6.45) is 0. The Morgan fingerprint density at radius 3 is 2.36 bits per heavy atom. The van der Waals surface area contributed by atoms with E-state index in [9.17, 15) is 4.39 Å². The van der Waals surface area contributed by atoms with Crippen molar-refractivity contribution in [1.82, 2.24) is 0 Å². The smallest absolute Gasteiger partial charge is 0.123 e. The van der Waals surface area contributed by atoms with Gasteiger partial charge in [0.25, 0.3) is 0 Å². The molecule has 0 bridgehead atoms. The molecule has 0 spiro atoms. The summed E-state index contributed by atoms with van der Waals surface area (Å²) in [6.45, 7) is 3.51. The highest BCUT2D eigenvalue weighted by atomic mass is 19.1. The van der Waals surface area contributed by atoms with Gasteiger partial charge in [-0.1, -0.05) is 18.7 Å². The zero-order chi connectivity index (χ0) is 8.27. The molecule has 1 nitrogen and oxygen atoms in total. The largest absolute Gasteiger partial charge is 0.392 e. The molecule has 0 aliphatic carbocycles. The lowest BCUT2D eigenvalue weighted by Crippen LogP contribution is -1.87. The van der Waals surface area contributed by atoms with Crippen molar-refractivity contribution in [3.8, 4) is 0 Å². The van der Waals surface area contributed by atoms with E-state index in [-0.39, 0.29) is 12.4 Å². The first-order chi connectivity index (χ1) is 5.24. The van der Waals surface area contributed by atoms with Gasteiger partial charge in [0.05, 0.1) is 6.61 Å². The Labute approximate surface area is 64.8 Å². The van der Waals surface area contributed by atoms with E-state index in [0.717, 1.165) is 5.56 Å². The summed E-state index contributed by atoms with van der Waals surface area (Å²) in [7, 11) is 0. The van der Waals surface area contributed by atoms with Gasteiger partial charge in [-0.05, 0) is 23.3 Å². The zero-order valence-corrected chi connectivity index (χ0v) is 6.05. The van der Waals surface area contributed by atoms with Crippen molar-refractivity contribution >= 4 is 5.57 Å². The molecule has 2 heteroatoms. The van der Waals surface area contributed by atoms with Crippen molar-refractivity contribution < 1.29 is 9.50 Å². The van der Waals surface area contributed by atoms with Crippen LogP contribution in [0.25, 0.3) is 5.57 Å². The normalized spacial score (nSPS) is 9.64. The van der Waals surface area contributed by atoms with Crippen molar-refractivity contribution in [3.05, 3.63) is 42.2 Å². The second kappa shape index (κ2) is 3.30. The second-order valence-corrected chi connectivity index (χ2v) is 2.27. The van der Waals surface area contributed by atoms with Crippen molar-refractivity contribution in [2.24, 2.45) is 0 Å². The van der Waals surface area contributed by atoms with Crippen LogP contribution in [0.5, 0.6) is 0 Å². The van der Waals surface area contributed by atoms with Crippen molar-refractivity contribution in [2.45, 2.75) is 0 Å². The highest BCUT2D eigenvalue weighted by molar-refractivity contribution is 5.63. The Morgan fingerprint density at radius 2 is 1.91 bits per heavy atom. The Kier molecular flexibility index (Phi) is 2.39. The quantitative estimate of drug-likeness (QED) is 0.685. The van der Waals surface area contributed by atoms with Crippen LogP contribution in [0, 0.1) is 5.82 Å². The SMILES string of the molecule is C=C(CO)c1ccc(F)cc1. The van der Waals surface area contributed by atoms with Crippen LogP contribution in [0.3, 0.4) is 0 Å². The third-order valence-corrected chi connectivity index (χ3v) is 1.44. The third-order valence-electron chi connectivity index (χ3n) is 1.44. The number of halogens is 1.